The molecule has 1 aromatic carbocycles. The second-order valence-electron chi connectivity index (χ2n) is 7.74. The number of carboxylic acid groups (broad SMARTS) is 1. The first kappa shape index (κ1) is 17.8. The normalized spacial score (nSPS) is 22.8. The van der Waals surface area contributed by atoms with Gasteiger partial charge in [-0.25, -0.2) is 4.98 Å². The van der Waals surface area contributed by atoms with E-state index in [0.717, 1.165) is 41.9 Å². The average molecular weight is 371 g/mol. The molecule has 0 spiro atoms. The van der Waals surface area contributed by atoms with Crippen molar-refractivity contribution in [2.75, 3.05) is 20.2 Å². The Labute approximate surface area is 157 Å². The van der Waals surface area contributed by atoms with Crippen LogP contribution >= 0.6 is 0 Å². The van der Waals surface area contributed by atoms with E-state index in [2.05, 4.69) is 9.97 Å². The monoisotopic (exact) mass is 371 g/mol. The largest absolute Gasteiger partial charge is 0.497 e. The van der Waals surface area contributed by atoms with E-state index in [1.54, 1.807) is 7.11 Å². The number of H-pyrrole nitrogens is 1. The van der Waals surface area contributed by atoms with Crippen LogP contribution < -0.4 is 4.74 Å². The van der Waals surface area contributed by atoms with Crippen molar-refractivity contribution >= 4 is 22.9 Å². The minimum atomic E-state index is -0.777. The van der Waals surface area contributed by atoms with Gasteiger partial charge in [0.2, 0.25) is 5.91 Å². The Bertz CT molecular complexity index is 858. The molecule has 144 valence electrons. The fourth-order valence-corrected chi connectivity index (χ4v) is 4.11. The lowest BCUT2D eigenvalue weighted by atomic mass is 9.81. The predicted molar refractivity (Wildman–Crippen MR) is 99.5 cm³/mol. The maximum atomic E-state index is 12.5. The number of nitrogens with one attached hydrogen (secondary N) is 1. The number of rotatable bonds is 6. The number of aliphatic carboxylic acids is 1. The van der Waals surface area contributed by atoms with Gasteiger partial charge in [0, 0.05) is 37.9 Å². The smallest absolute Gasteiger partial charge is 0.303 e. The molecule has 0 radical (unpaired) electrons. The van der Waals surface area contributed by atoms with E-state index in [-0.39, 0.29) is 30.1 Å². The summed E-state index contributed by atoms with van der Waals surface area (Å²) in [7, 11) is 1.63. The number of carboxylic acids is 1. The molecule has 27 heavy (non-hydrogen) atoms. The van der Waals surface area contributed by atoms with Gasteiger partial charge in [0.25, 0.3) is 0 Å². The number of imidazole rings is 1. The van der Waals surface area contributed by atoms with Crippen LogP contribution in [0.25, 0.3) is 11.0 Å². The minimum absolute atomic E-state index is 0.0634. The van der Waals surface area contributed by atoms with Gasteiger partial charge in [-0.2, -0.15) is 0 Å². The van der Waals surface area contributed by atoms with E-state index < -0.39 is 5.97 Å². The summed E-state index contributed by atoms with van der Waals surface area (Å²) in [6.07, 6.45) is 3.50. The molecule has 2 aliphatic rings. The first-order chi connectivity index (χ1) is 13.0. The number of aromatic amines is 1. The van der Waals surface area contributed by atoms with Crippen LogP contribution in [0.15, 0.2) is 18.2 Å². The zero-order valence-electron chi connectivity index (χ0n) is 15.5. The van der Waals surface area contributed by atoms with Gasteiger partial charge in [0.15, 0.2) is 0 Å². The summed E-state index contributed by atoms with van der Waals surface area (Å²) < 4.78 is 5.25. The lowest BCUT2D eigenvalue weighted by Gasteiger charge is -2.38. The van der Waals surface area contributed by atoms with Crippen LogP contribution in [0.2, 0.25) is 0 Å². The highest BCUT2D eigenvalue weighted by atomic mass is 16.5. The van der Waals surface area contributed by atoms with Gasteiger partial charge in [0.05, 0.1) is 18.1 Å². The van der Waals surface area contributed by atoms with Crippen LogP contribution in [-0.2, 0) is 16.0 Å². The third kappa shape index (κ3) is 3.91. The van der Waals surface area contributed by atoms with Crippen molar-refractivity contribution in [2.45, 2.75) is 32.1 Å². The summed E-state index contributed by atoms with van der Waals surface area (Å²) in [4.78, 5) is 33.7. The quantitative estimate of drug-likeness (QED) is 0.813. The van der Waals surface area contributed by atoms with Crippen molar-refractivity contribution in [1.82, 2.24) is 14.9 Å². The molecule has 1 aliphatic carbocycles. The van der Waals surface area contributed by atoms with E-state index >= 15 is 0 Å². The highest BCUT2D eigenvalue weighted by molar-refractivity contribution is 5.81. The maximum absolute atomic E-state index is 12.5. The zero-order chi connectivity index (χ0) is 19.0. The van der Waals surface area contributed by atoms with Gasteiger partial charge in [-0.05, 0) is 43.2 Å². The molecule has 1 amide bonds. The fraction of sp³-hybridized carbons (Fsp3) is 0.550. The molecule has 1 aliphatic heterocycles. The van der Waals surface area contributed by atoms with Gasteiger partial charge in [-0.3, -0.25) is 9.59 Å². The lowest BCUT2D eigenvalue weighted by Crippen LogP contribution is -2.45. The molecule has 0 bridgehead atoms. The van der Waals surface area contributed by atoms with Crippen molar-refractivity contribution in [3.05, 3.63) is 24.0 Å². The minimum Gasteiger partial charge on any atom is -0.497 e. The molecule has 7 heteroatoms. The number of fused-ring (bicyclic) bond motifs is 1. The van der Waals surface area contributed by atoms with Crippen LogP contribution in [0.4, 0.5) is 0 Å². The van der Waals surface area contributed by atoms with E-state index in [1.807, 2.05) is 23.1 Å². The van der Waals surface area contributed by atoms with Crippen molar-refractivity contribution in [1.29, 1.82) is 0 Å². The standard InChI is InChI=1S/C20H25N3O4/c1-27-15-4-5-16-17(10-15)22-18(21-16)8-14-11-23(20(26)12-2-3-12)7-6-13(14)9-19(24)25/h4-5,10,12-14H,2-3,6-9,11H2,1H3,(H,21,22)(H,24,25). The molecule has 2 aromatic rings. The number of benzene rings is 1. The highest BCUT2D eigenvalue weighted by Gasteiger charge is 2.38. The third-order valence-corrected chi connectivity index (χ3v) is 5.76. The topological polar surface area (TPSA) is 95.5 Å². The first-order valence-corrected chi connectivity index (χ1v) is 9.56. The Kier molecular flexibility index (Phi) is 4.76. The number of carbonyl (C=O) groups is 2. The molecule has 7 nitrogen and oxygen atoms in total. The zero-order valence-corrected chi connectivity index (χ0v) is 15.5. The van der Waals surface area contributed by atoms with Gasteiger partial charge < -0.3 is 19.7 Å². The van der Waals surface area contributed by atoms with E-state index in [0.29, 0.717) is 19.5 Å². The number of likely N-dealkylation sites (tertiary alicyclic amines) is 1. The Balaban J connectivity index is 1.53. The molecule has 1 aromatic heterocycles. The molecule has 2 atom stereocenters. The Morgan fingerprint density at radius 2 is 2.11 bits per heavy atom. The Hall–Kier alpha value is -2.57. The van der Waals surface area contributed by atoms with Crippen molar-refractivity contribution in [3.63, 3.8) is 0 Å². The molecule has 2 N–H and O–H groups in total. The SMILES string of the molecule is COc1ccc2nc(CC3CN(C(=O)C4CC4)CCC3CC(=O)O)[nH]c2c1. The molecular weight excluding hydrogens is 346 g/mol. The lowest BCUT2D eigenvalue weighted by molar-refractivity contribution is -0.140. The predicted octanol–water partition coefficient (Wildman–Crippen LogP) is 2.46. The summed E-state index contributed by atoms with van der Waals surface area (Å²) in [6, 6.07) is 5.69. The number of hydrogen-bond donors (Lipinski definition) is 2. The number of amides is 1. The number of piperidine rings is 1. The highest BCUT2D eigenvalue weighted by Crippen LogP contribution is 2.35. The van der Waals surface area contributed by atoms with E-state index in [9.17, 15) is 14.7 Å². The Morgan fingerprint density at radius 1 is 1.30 bits per heavy atom. The fourth-order valence-electron chi connectivity index (χ4n) is 4.11. The van der Waals surface area contributed by atoms with Crippen molar-refractivity contribution in [3.8, 4) is 5.75 Å². The summed E-state index contributed by atoms with van der Waals surface area (Å²) in [5, 5.41) is 9.28. The molecular formula is C20H25N3O4. The van der Waals surface area contributed by atoms with Crippen LogP contribution in [0.5, 0.6) is 5.75 Å². The van der Waals surface area contributed by atoms with Crippen LogP contribution in [-0.4, -0.2) is 52.1 Å². The summed E-state index contributed by atoms with van der Waals surface area (Å²) in [5.74, 6) is 1.41. The molecule has 2 heterocycles. The van der Waals surface area contributed by atoms with Gasteiger partial charge in [-0.1, -0.05) is 0 Å². The second-order valence-corrected chi connectivity index (χ2v) is 7.74. The number of methoxy groups -OCH3 is 1. The molecule has 2 fully saturated rings. The number of hydrogen-bond acceptors (Lipinski definition) is 4. The molecule has 4 rings (SSSR count). The summed E-state index contributed by atoms with van der Waals surface area (Å²) in [6.45, 7) is 1.29. The summed E-state index contributed by atoms with van der Waals surface area (Å²) >= 11 is 0. The van der Waals surface area contributed by atoms with Crippen LogP contribution in [0.1, 0.15) is 31.5 Å². The van der Waals surface area contributed by atoms with Crippen LogP contribution in [0, 0.1) is 17.8 Å². The van der Waals surface area contributed by atoms with E-state index in [1.165, 1.54) is 0 Å². The number of nitrogens with zero attached hydrogens (tertiary/aromatic N) is 2. The van der Waals surface area contributed by atoms with Crippen molar-refractivity contribution < 1.29 is 19.4 Å². The third-order valence-electron chi connectivity index (χ3n) is 5.76. The maximum Gasteiger partial charge on any atom is 0.303 e. The molecule has 2 unspecified atom stereocenters. The molecule has 1 saturated heterocycles. The molecule has 1 saturated carbocycles. The summed E-state index contributed by atoms with van der Waals surface area (Å²) in [5.41, 5.74) is 1.77. The van der Waals surface area contributed by atoms with Crippen molar-refractivity contribution in [2.24, 2.45) is 17.8 Å². The van der Waals surface area contributed by atoms with E-state index in [4.69, 9.17) is 4.74 Å². The number of ether oxygens (including phenoxy) is 1. The van der Waals surface area contributed by atoms with Gasteiger partial charge >= 0.3 is 5.97 Å². The Morgan fingerprint density at radius 3 is 2.81 bits per heavy atom. The number of carbonyl (C=O) groups excluding carboxylic acids is 1. The van der Waals surface area contributed by atoms with Crippen LogP contribution in [0.3, 0.4) is 0 Å². The first-order valence-electron chi connectivity index (χ1n) is 9.56. The average Bonchev–Trinajstić information content (AvgIpc) is 3.42. The number of aromatic nitrogens is 2. The second kappa shape index (κ2) is 7.21. The van der Waals surface area contributed by atoms with Gasteiger partial charge in [0.1, 0.15) is 11.6 Å². The van der Waals surface area contributed by atoms with Gasteiger partial charge in [-0.15, -0.1) is 0 Å².